The summed E-state index contributed by atoms with van der Waals surface area (Å²) in [7, 11) is 5.50. The summed E-state index contributed by atoms with van der Waals surface area (Å²) >= 11 is 0. The van der Waals surface area contributed by atoms with E-state index in [2.05, 4.69) is 65.8 Å². The van der Waals surface area contributed by atoms with Crippen LogP contribution in [0.1, 0.15) is 35.0 Å². The lowest BCUT2D eigenvalue weighted by atomic mass is 10.1. The molecule has 0 radical (unpaired) electrons. The van der Waals surface area contributed by atoms with Crippen LogP contribution in [0.2, 0.25) is 0 Å². The minimum atomic E-state index is 0. The molecule has 0 saturated heterocycles. The van der Waals surface area contributed by atoms with Crippen molar-refractivity contribution in [3.63, 3.8) is 0 Å². The molecule has 1 heterocycles. The SMILES string of the molecule is CN=C(NCc1cccc(COC)c1)NC(C)Cc1c(C)nn(C)c1C.I. The second-order valence-corrected chi connectivity index (χ2v) is 6.70. The molecule has 1 aromatic carbocycles. The molecule has 0 bridgehead atoms. The Labute approximate surface area is 179 Å². The first-order valence-electron chi connectivity index (χ1n) is 8.97. The zero-order valence-corrected chi connectivity index (χ0v) is 19.5. The molecule has 6 nitrogen and oxygen atoms in total. The maximum atomic E-state index is 5.20. The molecule has 0 aliphatic carbocycles. The Morgan fingerprint density at radius 3 is 2.59 bits per heavy atom. The quantitative estimate of drug-likeness (QED) is 0.360. The van der Waals surface area contributed by atoms with Gasteiger partial charge in [0.1, 0.15) is 0 Å². The maximum absolute atomic E-state index is 5.20. The largest absolute Gasteiger partial charge is 0.380 e. The third-order valence-corrected chi connectivity index (χ3v) is 4.54. The molecule has 0 aliphatic heterocycles. The third-order valence-electron chi connectivity index (χ3n) is 4.54. The standard InChI is InChI=1S/C20H31N5O.HI/c1-14(10-19-15(2)24-25(5)16(19)3)23-20(21-4)22-12-17-8-7-9-18(11-17)13-26-6;/h7-9,11,14H,10,12-13H2,1-6H3,(H2,21,22,23);1H. The number of aromatic nitrogens is 2. The summed E-state index contributed by atoms with van der Waals surface area (Å²) in [5.74, 6) is 0.800. The zero-order chi connectivity index (χ0) is 19.1. The lowest BCUT2D eigenvalue weighted by Gasteiger charge is -2.18. The number of hydrogen-bond donors (Lipinski definition) is 2. The zero-order valence-electron chi connectivity index (χ0n) is 17.2. The molecular weight excluding hydrogens is 453 g/mol. The van der Waals surface area contributed by atoms with Gasteiger partial charge in [-0.15, -0.1) is 24.0 Å². The number of methoxy groups -OCH3 is 1. The molecule has 0 fully saturated rings. The van der Waals surface area contributed by atoms with Crippen LogP contribution in [0.3, 0.4) is 0 Å². The van der Waals surface area contributed by atoms with E-state index in [-0.39, 0.29) is 30.0 Å². The molecule has 2 rings (SSSR count). The summed E-state index contributed by atoms with van der Waals surface area (Å²) in [5, 5.41) is 11.3. The van der Waals surface area contributed by atoms with Crippen molar-refractivity contribution in [2.24, 2.45) is 12.0 Å². The van der Waals surface area contributed by atoms with Crippen molar-refractivity contribution < 1.29 is 4.74 Å². The highest BCUT2D eigenvalue weighted by molar-refractivity contribution is 14.0. The number of aliphatic imine (C=N–C) groups is 1. The number of guanidine groups is 1. The number of ether oxygens (including phenoxy) is 1. The van der Waals surface area contributed by atoms with Crippen LogP contribution in [-0.4, -0.2) is 35.9 Å². The number of halogens is 1. The van der Waals surface area contributed by atoms with Crippen LogP contribution in [0.15, 0.2) is 29.3 Å². The number of aryl methyl sites for hydroxylation is 2. The summed E-state index contributed by atoms with van der Waals surface area (Å²) in [6, 6.07) is 8.63. The summed E-state index contributed by atoms with van der Waals surface area (Å²) in [5.41, 5.74) is 5.99. The van der Waals surface area contributed by atoms with E-state index in [1.165, 1.54) is 22.4 Å². The highest BCUT2D eigenvalue weighted by atomic mass is 127. The Hall–Kier alpha value is -1.61. The minimum absolute atomic E-state index is 0. The molecule has 150 valence electrons. The van der Waals surface area contributed by atoms with Gasteiger partial charge in [-0.3, -0.25) is 9.67 Å². The van der Waals surface area contributed by atoms with Gasteiger partial charge in [0.15, 0.2) is 5.96 Å². The highest BCUT2D eigenvalue weighted by Crippen LogP contribution is 2.14. The van der Waals surface area contributed by atoms with Crippen LogP contribution in [0.4, 0.5) is 0 Å². The average Bonchev–Trinajstić information content (AvgIpc) is 2.85. The van der Waals surface area contributed by atoms with Gasteiger partial charge in [-0.2, -0.15) is 5.10 Å². The number of nitrogens with zero attached hydrogens (tertiary/aromatic N) is 3. The van der Waals surface area contributed by atoms with Crippen LogP contribution in [-0.2, 0) is 31.4 Å². The predicted molar refractivity (Wildman–Crippen MR) is 122 cm³/mol. The van der Waals surface area contributed by atoms with Gasteiger partial charge in [0.2, 0.25) is 0 Å². The molecular formula is C20H32IN5O. The molecule has 1 atom stereocenters. The first kappa shape index (κ1) is 23.4. The lowest BCUT2D eigenvalue weighted by Crippen LogP contribution is -2.42. The molecule has 2 aromatic rings. The molecule has 0 amide bonds. The topological polar surface area (TPSA) is 63.5 Å². The fourth-order valence-electron chi connectivity index (χ4n) is 3.08. The van der Waals surface area contributed by atoms with Crippen molar-refractivity contribution in [1.82, 2.24) is 20.4 Å². The maximum Gasteiger partial charge on any atom is 0.191 e. The number of rotatable bonds is 7. The number of hydrogen-bond acceptors (Lipinski definition) is 3. The second kappa shape index (κ2) is 11.3. The highest BCUT2D eigenvalue weighted by Gasteiger charge is 2.14. The summed E-state index contributed by atoms with van der Waals surface area (Å²) in [6.07, 6.45) is 0.912. The Bertz CT molecular complexity index is 757. The molecule has 2 N–H and O–H groups in total. The van der Waals surface area contributed by atoms with E-state index in [9.17, 15) is 0 Å². The summed E-state index contributed by atoms with van der Waals surface area (Å²) in [6.45, 7) is 7.69. The molecule has 7 heteroatoms. The molecule has 0 aliphatic rings. The smallest absolute Gasteiger partial charge is 0.191 e. The van der Waals surface area contributed by atoms with E-state index in [0.29, 0.717) is 6.61 Å². The number of nitrogens with one attached hydrogen (secondary N) is 2. The van der Waals surface area contributed by atoms with E-state index in [1.54, 1.807) is 14.2 Å². The van der Waals surface area contributed by atoms with Gasteiger partial charge in [-0.1, -0.05) is 24.3 Å². The molecule has 0 spiro atoms. The monoisotopic (exact) mass is 485 g/mol. The first-order chi connectivity index (χ1) is 12.4. The second-order valence-electron chi connectivity index (χ2n) is 6.70. The normalized spacial score (nSPS) is 12.4. The molecule has 27 heavy (non-hydrogen) atoms. The fourth-order valence-corrected chi connectivity index (χ4v) is 3.08. The van der Waals surface area contributed by atoms with Crippen LogP contribution in [0.25, 0.3) is 0 Å². The van der Waals surface area contributed by atoms with E-state index in [4.69, 9.17) is 4.74 Å². The van der Waals surface area contributed by atoms with Crippen LogP contribution >= 0.6 is 24.0 Å². The van der Waals surface area contributed by atoms with Crippen molar-refractivity contribution in [2.45, 2.75) is 46.4 Å². The van der Waals surface area contributed by atoms with Gasteiger partial charge in [-0.05, 0) is 43.9 Å². The van der Waals surface area contributed by atoms with Gasteiger partial charge in [-0.25, -0.2) is 0 Å². The fraction of sp³-hybridized carbons (Fsp3) is 0.500. The predicted octanol–water partition coefficient (Wildman–Crippen LogP) is 3.10. The summed E-state index contributed by atoms with van der Waals surface area (Å²) < 4.78 is 7.14. The van der Waals surface area contributed by atoms with Crippen LogP contribution in [0.5, 0.6) is 0 Å². The van der Waals surface area contributed by atoms with E-state index in [1.807, 2.05) is 11.7 Å². The van der Waals surface area contributed by atoms with E-state index in [0.717, 1.165) is 24.6 Å². The number of benzene rings is 1. The molecule has 1 unspecified atom stereocenters. The first-order valence-corrected chi connectivity index (χ1v) is 8.97. The molecule has 0 saturated carbocycles. The van der Waals surface area contributed by atoms with Crippen molar-refractivity contribution in [2.75, 3.05) is 14.2 Å². The van der Waals surface area contributed by atoms with Gasteiger partial charge < -0.3 is 15.4 Å². The van der Waals surface area contributed by atoms with Crippen molar-refractivity contribution in [3.8, 4) is 0 Å². The minimum Gasteiger partial charge on any atom is -0.380 e. The van der Waals surface area contributed by atoms with Crippen molar-refractivity contribution in [1.29, 1.82) is 0 Å². The van der Waals surface area contributed by atoms with Crippen molar-refractivity contribution in [3.05, 3.63) is 52.3 Å². The van der Waals surface area contributed by atoms with Crippen LogP contribution < -0.4 is 10.6 Å². The van der Waals surface area contributed by atoms with Gasteiger partial charge >= 0.3 is 0 Å². The van der Waals surface area contributed by atoms with E-state index < -0.39 is 0 Å². The third kappa shape index (κ3) is 6.80. The Kier molecular flexibility index (Phi) is 9.79. The Balaban J connectivity index is 0.00000364. The van der Waals surface area contributed by atoms with E-state index >= 15 is 0 Å². The van der Waals surface area contributed by atoms with Gasteiger partial charge in [0.25, 0.3) is 0 Å². The molecule has 1 aromatic heterocycles. The van der Waals surface area contributed by atoms with Gasteiger partial charge in [0, 0.05) is 39.5 Å². The van der Waals surface area contributed by atoms with Crippen molar-refractivity contribution >= 4 is 29.9 Å². The average molecular weight is 485 g/mol. The van der Waals surface area contributed by atoms with Gasteiger partial charge in [0.05, 0.1) is 12.3 Å². The Morgan fingerprint density at radius 1 is 1.30 bits per heavy atom. The summed E-state index contributed by atoms with van der Waals surface area (Å²) in [4.78, 5) is 4.34. The van der Waals surface area contributed by atoms with Crippen LogP contribution in [0, 0.1) is 13.8 Å². The Morgan fingerprint density at radius 2 is 2.00 bits per heavy atom. The lowest BCUT2D eigenvalue weighted by molar-refractivity contribution is 0.185.